The number of Topliss-reactive ketones (excluding diaryl/α,β-unsaturated/α-hetero) is 1. The van der Waals surface area contributed by atoms with E-state index in [9.17, 15) is 9.90 Å². The Morgan fingerprint density at radius 1 is 1.09 bits per heavy atom. The number of hydrogen-bond acceptors (Lipinski definition) is 4. The van der Waals surface area contributed by atoms with E-state index in [2.05, 4.69) is 0 Å². The molecule has 5 nitrogen and oxygen atoms in total. The molecule has 0 amide bonds. The fourth-order valence-corrected chi connectivity index (χ4v) is 4.02. The summed E-state index contributed by atoms with van der Waals surface area (Å²) in [6.07, 6.45) is 0. The van der Waals surface area contributed by atoms with Gasteiger partial charge in [0, 0.05) is 34.4 Å². The van der Waals surface area contributed by atoms with Crippen LogP contribution in [0.5, 0.6) is 11.5 Å². The summed E-state index contributed by atoms with van der Waals surface area (Å²) in [5.41, 5.74) is 3.27. The minimum absolute atomic E-state index is 0. The van der Waals surface area contributed by atoms with Gasteiger partial charge >= 0.3 is 0 Å². The molecule has 0 saturated carbocycles. The van der Waals surface area contributed by atoms with Gasteiger partial charge in [0.1, 0.15) is 17.3 Å². The zero-order chi connectivity index (χ0) is 23.1. The molecule has 2 aromatic rings. The summed E-state index contributed by atoms with van der Waals surface area (Å²) in [5.74, 6) is 1.32. The first-order valence-corrected chi connectivity index (χ1v) is 10.8. The molecule has 0 aliphatic carbocycles. The highest BCUT2D eigenvalue weighted by Crippen LogP contribution is 2.40. The molecule has 0 spiro atoms. The van der Waals surface area contributed by atoms with E-state index in [1.165, 1.54) is 0 Å². The smallest absolute Gasteiger partial charge is 0.182 e. The van der Waals surface area contributed by atoms with Crippen molar-refractivity contribution in [2.75, 3.05) is 13.2 Å². The van der Waals surface area contributed by atoms with Crippen molar-refractivity contribution in [1.82, 2.24) is 4.90 Å². The number of aromatic hydroxyl groups is 1. The number of benzene rings is 2. The van der Waals surface area contributed by atoms with Crippen LogP contribution in [-0.2, 0) is 17.4 Å². The van der Waals surface area contributed by atoms with Gasteiger partial charge in [-0.2, -0.15) is 0 Å². The Morgan fingerprint density at radius 2 is 1.66 bits per heavy atom. The zero-order valence-electron chi connectivity index (χ0n) is 20.1. The van der Waals surface area contributed by atoms with Gasteiger partial charge in [0.15, 0.2) is 5.78 Å². The van der Waals surface area contributed by atoms with Crippen molar-refractivity contribution in [2.45, 2.75) is 65.8 Å². The van der Waals surface area contributed by atoms with Crippen LogP contribution in [0.3, 0.4) is 0 Å². The minimum atomic E-state index is -0.302. The lowest BCUT2D eigenvalue weighted by Gasteiger charge is -2.28. The number of nitrogens with zero attached hydrogens (tertiary/aromatic N) is 1. The molecule has 2 aromatic carbocycles. The maximum atomic E-state index is 13.3. The van der Waals surface area contributed by atoms with Crippen LogP contribution in [-0.4, -0.2) is 34.8 Å². The third kappa shape index (κ3) is 5.01. The molecule has 0 unspecified atom stereocenters. The number of carbonyl (C=O) groups is 1. The topological polar surface area (TPSA) is 73.6 Å². The number of halogens is 1. The first-order chi connectivity index (χ1) is 14.3. The molecule has 0 saturated heterocycles. The first-order valence-electron chi connectivity index (χ1n) is 10.8. The van der Waals surface area contributed by atoms with Crippen LogP contribution in [0.15, 0.2) is 30.3 Å². The lowest BCUT2D eigenvalue weighted by molar-refractivity contribution is 0.0962. The van der Waals surface area contributed by atoms with E-state index in [0.29, 0.717) is 24.6 Å². The summed E-state index contributed by atoms with van der Waals surface area (Å²) in [6, 6.07) is 9.32. The molecule has 6 heteroatoms. The summed E-state index contributed by atoms with van der Waals surface area (Å²) >= 11 is 0. The van der Waals surface area contributed by atoms with E-state index in [0.717, 1.165) is 28.0 Å². The van der Waals surface area contributed by atoms with Crippen molar-refractivity contribution in [1.29, 1.82) is 5.41 Å². The Labute approximate surface area is 202 Å². The SMILES string of the molecule is Br.CCOc1cccc2c1CN(CC(=O)c1cc(C(C)(C)C)c(O)c(C(C)(C)C)c1)C2=N. The summed E-state index contributed by atoms with van der Waals surface area (Å²) in [4.78, 5) is 15.1. The zero-order valence-corrected chi connectivity index (χ0v) is 21.8. The Morgan fingerprint density at radius 3 is 2.16 bits per heavy atom. The number of amidine groups is 1. The summed E-state index contributed by atoms with van der Waals surface area (Å²) in [7, 11) is 0. The van der Waals surface area contributed by atoms with E-state index in [4.69, 9.17) is 10.1 Å². The van der Waals surface area contributed by atoms with Crippen molar-refractivity contribution >= 4 is 28.6 Å². The van der Waals surface area contributed by atoms with E-state index in [1.54, 1.807) is 4.90 Å². The van der Waals surface area contributed by atoms with Gasteiger partial charge in [-0.3, -0.25) is 10.2 Å². The molecule has 0 fully saturated rings. The normalized spacial score (nSPS) is 13.6. The third-order valence-electron chi connectivity index (χ3n) is 5.74. The number of fused-ring (bicyclic) bond motifs is 1. The lowest BCUT2D eigenvalue weighted by atomic mass is 9.78. The second-order valence-corrected chi connectivity index (χ2v) is 10.3. The molecular weight excluding hydrogens is 468 g/mol. The van der Waals surface area contributed by atoms with Crippen molar-refractivity contribution in [3.63, 3.8) is 0 Å². The van der Waals surface area contributed by atoms with Gasteiger partial charge in [-0.25, -0.2) is 0 Å². The number of nitrogens with one attached hydrogen (secondary N) is 1. The van der Waals surface area contributed by atoms with Crippen molar-refractivity contribution in [3.05, 3.63) is 58.1 Å². The highest BCUT2D eigenvalue weighted by atomic mass is 79.9. The second-order valence-electron chi connectivity index (χ2n) is 10.3. The van der Waals surface area contributed by atoms with Crippen LogP contribution in [0, 0.1) is 5.41 Å². The monoisotopic (exact) mass is 502 g/mol. The first kappa shape index (κ1) is 25.9. The number of phenolic OH excluding ortho intramolecular Hbond substituents is 1. The molecule has 1 aliphatic heterocycles. The molecule has 1 aliphatic rings. The Kier molecular flexibility index (Phi) is 7.50. The number of rotatable bonds is 5. The quantitative estimate of drug-likeness (QED) is 0.492. The molecule has 32 heavy (non-hydrogen) atoms. The summed E-state index contributed by atoms with van der Waals surface area (Å²) in [6.45, 7) is 15.3. The van der Waals surface area contributed by atoms with E-state index >= 15 is 0 Å². The predicted molar refractivity (Wildman–Crippen MR) is 135 cm³/mol. The van der Waals surface area contributed by atoms with Crippen molar-refractivity contribution in [2.24, 2.45) is 0 Å². The number of hydrogen-bond donors (Lipinski definition) is 2. The maximum absolute atomic E-state index is 13.3. The van der Waals surface area contributed by atoms with Gasteiger partial charge in [-0.05, 0) is 36.0 Å². The van der Waals surface area contributed by atoms with Crippen LogP contribution in [0.2, 0.25) is 0 Å². The molecule has 1 heterocycles. The highest BCUT2D eigenvalue weighted by Gasteiger charge is 2.31. The number of ether oxygens (including phenoxy) is 1. The third-order valence-corrected chi connectivity index (χ3v) is 5.74. The van der Waals surface area contributed by atoms with E-state index in [-0.39, 0.29) is 45.9 Å². The van der Waals surface area contributed by atoms with Gasteiger partial charge < -0.3 is 14.7 Å². The van der Waals surface area contributed by atoms with E-state index in [1.807, 2.05) is 78.8 Å². The van der Waals surface area contributed by atoms with E-state index < -0.39 is 0 Å². The van der Waals surface area contributed by atoms with Gasteiger partial charge in [-0.15, -0.1) is 17.0 Å². The van der Waals surface area contributed by atoms with Crippen molar-refractivity contribution < 1.29 is 14.6 Å². The van der Waals surface area contributed by atoms with Crippen LogP contribution < -0.4 is 4.74 Å². The fourth-order valence-electron chi connectivity index (χ4n) is 4.02. The number of ketones is 1. The van der Waals surface area contributed by atoms with Crippen LogP contribution in [0.25, 0.3) is 0 Å². The molecular formula is C26H35BrN2O3. The van der Waals surface area contributed by atoms with Crippen LogP contribution in [0.1, 0.15) is 81.1 Å². The molecule has 2 N–H and O–H groups in total. The summed E-state index contributed by atoms with van der Waals surface area (Å²) < 4.78 is 5.72. The highest BCUT2D eigenvalue weighted by molar-refractivity contribution is 8.93. The Balaban J connectivity index is 0.00000363. The van der Waals surface area contributed by atoms with Gasteiger partial charge in [0.25, 0.3) is 0 Å². The van der Waals surface area contributed by atoms with Gasteiger partial charge in [-0.1, -0.05) is 53.7 Å². The predicted octanol–water partition coefficient (Wildman–Crippen LogP) is 5.99. The molecule has 3 rings (SSSR count). The largest absolute Gasteiger partial charge is 0.507 e. The van der Waals surface area contributed by atoms with Crippen molar-refractivity contribution in [3.8, 4) is 11.5 Å². The fraction of sp³-hybridized carbons (Fsp3) is 0.462. The second kappa shape index (κ2) is 9.26. The summed E-state index contributed by atoms with van der Waals surface area (Å²) in [5, 5.41) is 19.5. The molecule has 0 aromatic heterocycles. The lowest BCUT2D eigenvalue weighted by Crippen LogP contribution is -2.30. The van der Waals surface area contributed by atoms with Gasteiger partial charge in [0.05, 0.1) is 13.2 Å². The average Bonchev–Trinajstić information content (AvgIpc) is 2.97. The Hall–Kier alpha value is -2.34. The molecule has 0 bridgehead atoms. The number of carbonyl (C=O) groups excluding carboxylic acids is 1. The number of phenols is 1. The average molecular weight is 503 g/mol. The Bertz CT molecular complexity index is 997. The van der Waals surface area contributed by atoms with Gasteiger partial charge in [0.2, 0.25) is 0 Å². The minimum Gasteiger partial charge on any atom is -0.507 e. The standard InChI is InChI=1S/C26H34N2O3.BrH/c1-8-31-22-11-9-10-17-18(22)14-28(24(17)27)15-21(29)16-12-19(25(2,3)4)23(30)20(13-16)26(5,6)7;/h9-13,27,30H,8,14-15H2,1-7H3;1H. The maximum Gasteiger partial charge on any atom is 0.182 e. The van der Waals surface area contributed by atoms with Crippen LogP contribution in [0.4, 0.5) is 0 Å². The van der Waals surface area contributed by atoms with Crippen LogP contribution >= 0.6 is 17.0 Å². The molecule has 0 radical (unpaired) electrons. The molecule has 0 atom stereocenters. The molecule has 174 valence electrons.